The number of benzene rings is 1. The highest BCUT2D eigenvalue weighted by atomic mass is 32.2. The number of rotatable bonds is 8. The van der Waals surface area contributed by atoms with E-state index in [4.69, 9.17) is 0 Å². The maximum atomic E-state index is 13.1. The minimum absolute atomic E-state index is 0.139. The summed E-state index contributed by atoms with van der Waals surface area (Å²) in [4.78, 5) is 31.6. The van der Waals surface area contributed by atoms with Crippen LogP contribution in [0.1, 0.15) is 56.2 Å². The lowest BCUT2D eigenvalue weighted by Crippen LogP contribution is -2.27. The second-order valence-electron chi connectivity index (χ2n) is 9.39. The van der Waals surface area contributed by atoms with Crippen LogP contribution in [-0.4, -0.2) is 52.6 Å². The molecule has 3 aromatic rings. The van der Waals surface area contributed by atoms with Gasteiger partial charge in [-0.3, -0.25) is 14.3 Å². The molecule has 2 aliphatic rings. The molecule has 1 aromatic carbocycles. The van der Waals surface area contributed by atoms with Crippen LogP contribution in [0.2, 0.25) is 0 Å². The molecule has 1 amide bonds. The van der Waals surface area contributed by atoms with Crippen molar-refractivity contribution >= 4 is 32.9 Å². The van der Waals surface area contributed by atoms with Crippen LogP contribution in [0.25, 0.3) is 0 Å². The summed E-state index contributed by atoms with van der Waals surface area (Å²) in [6.07, 6.45) is 7.95. The minimum Gasteiger partial charge on any atom is -0.334 e. The molecule has 0 aliphatic heterocycles. The van der Waals surface area contributed by atoms with E-state index in [1.807, 2.05) is 5.38 Å². The molecule has 35 heavy (non-hydrogen) atoms. The second kappa shape index (κ2) is 9.31. The largest absolute Gasteiger partial charge is 0.334 e. The standard InChI is InChI=1S/C25H28N4O4S2/c1-28(14-23-26-9-10-34-23)25(31)22-13-24(27-29(22)2)35(32,33)15-18(30)12-21-19-7-3-5-16(19)11-17-6-4-8-20(17)21/h9-11,13H,3-8,12,14-15H2,1-2H3. The molecular formula is C25H28N4O4S2. The summed E-state index contributed by atoms with van der Waals surface area (Å²) in [5.74, 6) is -1.32. The Bertz CT molecular complexity index is 1380. The van der Waals surface area contributed by atoms with Crippen LogP contribution in [0.4, 0.5) is 0 Å². The van der Waals surface area contributed by atoms with Gasteiger partial charge in [-0.15, -0.1) is 11.3 Å². The fourth-order valence-corrected chi connectivity index (χ4v) is 7.16. The van der Waals surface area contributed by atoms with Crippen molar-refractivity contribution in [2.45, 2.75) is 56.5 Å². The number of sulfone groups is 1. The van der Waals surface area contributed by atoms with E-state index >= 15 is 0 Å². The van der Waals surface area contributed by atoms with Gasteiger partial charge in [-0.2, -0.15) is 5.10 Å². The number of fused-ring (bicyclic) bond motifs is 2. The Balaban J connectivity index is 1.32. The zero-order valence-electron chi connectivity index (χ0n) is 19.9. The third-order valence-corrected chi connectivity index (χ3v) is 9.22. The molecule has 0 saturated carbocycles. The van der Waals surface area contributed by atoms with E-state index in [-0.39, 0.29) is 28.8 Å². The van der Waals surface area contributed by atoms with Crippen LogP contribution in [-0.2, 0) is 60.3 Å². The van der Waals surface area contributed by atoms with Gasteiger partial charge >= 0.3 is 0 Å². The molecule has 0 fully saturated rings. The monoisotopic (exact) mass is 512 g/mol. The lowest BCUT2D eigenvalue weighted by Gasteiger charge is -2.15. The predicted molar refractivity (Wildman–Crippen MR) is 132 cm³/mol. The second-order valence-corrected chi connectivity index (χ2v) is 12.3. The summed E-state index contributed by atoms with van der Waals surface area (Å²) in [5, 5.41) is 6.44. The Labute approximate surface area is 208 Å². The molecule has 0 bridgehead atoms. The highest BCUT2D eigenvalue weighted by molar-refractivity contribution is 7.92. The van der Waals surface area contributed by atoms with E-state index in [2.05, 4.69) is 16.1 Å². The van der Waals surface area contributed by atoms with Gasteiger partial charge in [0.25, 0.3) is 5.91 Å². The zero-order valence-corrected chi connectivity index (χ0v) is 21.5. The first-order chi connectivity index (χ1) is 16.7. The average molecular weight is 513 g/mol. The van der Waals surface area contributed by atoms with Crippen LogP contribution >= 0.6 is 11.3 Å². The zero-order chi connectivity index (χ0) is 24.7. The van der Waals surface area contributed by atoms with Crippen molar-refractivity contribution in [3.8, 4) is 0 Å². The first kappa shape index (κ1) is 23.9. The molecule has 2 aliphatic carbocycles. The fraction of sp³-hybridized carbons (Fsp3) is 0.440. The van der Waals surface area contributed by atoms with Gasteiger partial charge in [-0.25, -0.2) is 13.4 Å². The topological polar surface area (TPSA) is 102 Å². The molecule has 0 spiro atoms. The molecule has 2 heterocycles. The lowest BCUT2D eigenvalue weighted by molar-refractivity contribution is -0.116. The molecule has 2 aromatic heterocycles. The van der Waals surface area contributed by atoms with Gasteiger partial charge in [0, 0.05) is 38.2 Å². The summed E-state index contributed by atoms with van der Waals surface area (Å²) >= 11 is 1.44. The summed E-state index contributed by atoms with van der Waals surface area (Å²) in [7, 11) is -0.821. The van der Waals surface area contributed by atoms with Crippen LogP contribution < -0.4 is 0 Å². The Morgan fingerprint density at radius 3 is 2.40 bits per heavy atom. The molecular weight excluding hydrogens is 484 g/mol. The Hall–Kier alpha value is -2.85. The van der Waals surface area contributed by atoms with Crippen molar-refractivity contribution in [3.05, 3.63) is 62.2 Å². The molecule has 0 atom stereocenters. The maximum absolute atomic E-state index is 13.1. The summed E-state index contributed by atoms with van der Waals surface area (Å²) < 4.78 is 27.4. The van der Waals surface area contributed by atoms with E-state index in [1.165, 1.54) is 56.3 Å². The van der Waals surface area contributed by atoms with Crippen LogP contribution in [0.5, 0.6) is 0 Å². The van der Waals surface area contributed by atoms with Gasteiger partial charge in [0.2, 0.25) is 9.84 Å². The smallest absolute Gasteiger partial charge is 0.272 e. The Morgan fingerprint density at radius 2 is 1.77 bits per heavy atom. The number of Topliss-reactive ketones (excluding diaryl/α,β-unsaturated/α-hetero) is 1. The lowest BCUT2D eigenvalue weighted by atomic mass is 9.91. The number of aromatic nitrogens is 3. The predicted octanol–water partition coefficient (Wildman–Crippen LogP) is 2.71. The van der Waals surface area contributed by atoms with Crippen molar-refractivity contribution in [1.82, 2.24) is 19.7 Å². The molecule has 184 valence electrons. The molecule has 0 unspecified atom stereocenters. The van der Waals surface area contributed by atoms with Gasteiger partial charge in [-0.1, -0.05) is 6.07 Å². The first-order valence-corrected chi connectivity index (χ1v) is 14.3. The minimum atomic E-state index is -3.98. The number of aryl methyl sites for hydroxylation is 3. The van der Waals surface area contributed by atoms with Gasteiger partial charge in [0.05, 0.1) is 6.54 Å². The molecule has 5 rings (SSSR count). The fourth-order valence-electron chi connectivity index (χ4n) is 5.28. The maximum Gasteiger partial charge on any atom is 0.272 e. The Kier molecular flexibility index (Phi) is 6.35. The van der Waals surface area contributed by atoms with Gasteiger partial charge in [0.15, 0.2) is 10.8 Å². The molecule has 0 radical (unpaired) electrons. The summed E-state index contributed by atoms with van der Waals surface area (Å²) in [6.45, 7) is 0.313. The third-order valence-electron chi connectivity index (χ3n) is 6.92. The van der Waals surface area contributed by atoms with Gasteiger partial charge in [0.1, 0.15) is 16.5 Å². The quantitative estimate of drug-likeness (QED) is 0.460. The number of carbonyl (C=O) groups excluding carboxylic acids is 2. The highest BCUT2D eigenvalue weighted by Crippen LogP contribution is 2.35. The molecule has 8 nitrogen and oxygen atoms in total. The number of hydrogen-bond acceptors (Lipinski definition) is 7. The van der Waals surface area contributed by atoms with Gasteiger partial charge in [-0.05, 0) is 66.3 Å². The molecule has 0 saturated heterocycles. The van der Waals surface area contributed by atoms with Gasteiger partial charge < -0.3 is 4.90 Å². The van der Waals surface area contributed by atoms with Crippen molar-refractivity contribution in [1.29, 1.82) is 0 Å². The first-order valence-electron chi connectivity index (χ1n) is 11.8. The van der Waals surface area contributed by atoms with Crippen LogP contribution in [0.15, 0.2) is 28.7 Å². The summed E-state index contributed by atoms with van der Waals surface area (Å²) in [6, 6.07) is 3.56. The third kappa shape index (κ3) is 4.69. The number of amides is 1. The average Bonchev–Trinajstić information content (AvgIpc) is 3.59. The van der Waals surface area contributed by atoms with E-state index in [9.17, 15) is 18.0 Å². The highest BCUT2D eigenvalue weighted by Gasteiger charge is 2.29. The molecule has 0 N–H and O–H groups in total. The van der Waals surface area contributed by atoms with E-state index < -0.39 is 15.6 Å². The number of hydrogen-bond donors (Lipinski definition) is 0. The van der Waals surface area contributed by atoms with Crippen molar-refractivity contribution in [2.24, 2.45) is 7.05 Å². The number of carbonyl (C=O) groups is 2. The number of thiazole rings is 1. The number of ketones is 1. The number of nitrogens with zero attached hydrogens (tertiary/aromatic N) is 4. The van der Waals surface area contributed by atoms with E-state index in [1.54, 1.807) is 13.2 Å². The van der Waals surface area contributed by atoms with Crippen molar-refractivity contribution in [2.75, 3.05) is 12.8 Å². The van der Waals surface area contributed by atoms with E-state index in [0.717, 1.165) is 49.1 Å². The summed E-state index contributed by atoms with van der Waals surface area (Å²) in [5.41, 5.74) is 6.37. The van der Waals surface area contributed by atoms with Crippen molar-refractivity contribution < 1.29 is 18.0 Å². The van der Waals surface area contributed by atoms with Crippen molar-refractivity contribution in [3.63, 3.8) is 0 Å². The van der Waals surface area contributed by atoms with E-state index in [0.29, 0.717) is 6.54 Å². The SMILES string of the molecule is CN(Cc1nccs1)C(=O)c1cc(S(=O)(=O)CC(=O)Cc2c3c(cc4c2CCC4)CCC3)nn1C. The van der Waals surface area contributed by atoms with Crippen LogP contribution in [0.3, 0.4) is 0 Å². The van der Waals surface area contributed by atoms with Crippen LogP contribution in [0, 0.1) is 0 Å². The Morgan fingerprint density at radius 1 is 1.09 bits per heavy atom. The normalized spacial score (nSPS) is 14.7. The molecule has 10 heteroatoms.